The number of ether oxygens (including phenoxy) is 3. The summed E-state index contributed by atoms with van der Waals surface area (Å²) in [6, 6.07) is 9.85. The molecule has 142 valence electrons. The van der Waals surface area contributed by atoms with E-state index >= 15 is 0 Å². The molecule has 1 saturated heterocycles. The normalized spacial score (nSPS) is 17.9. The third-order valence-corrected chi connectivity index (χ3v) is 5.13. The summed E-state index contributed by atoms with van der Waals surface area (Å²) in [7, 11) is 0. The molecule has 1 atom stereocenters. The van der Waals surface area contributed by atoms with Crippen LogP contribution in [0.3, 0.4) is 0 Å². The Morgan fingerprint density at radius 1 is 1.15 bits per heavy atom. The van der Waals surface area contributed by atoms with Crippen molar-refractivity contribution in [2.24, 2.45) is 5.92 Å². The minimum atomic E-state index is -0.401. The molecule has 0 radical (unpaired) electrons. The van der Waals surface area contributed by atoms with E-state index in [9.17, 15) is 9.18 Å². The lowest BCUT2D eigenvalue weighted by atomic mass is 10.1. The van der Waals surface area contributed by atoms with Crippen LogP contribution in [0.2, 0.25) is 5.02 Å². The standard InChI is InChI=1S/C20H19ClFNO4/c21-17-8-16(22)3-2-14(17)10-23(20(24)15-5-6-25-11-15)9-13-1-4-18-19(7-13)27-12-26-18/h1-4,7-8,15H,5-6,9-12H2/t15-/m1/s1. The molecule has 2 aromatic rings. The first kappa shape index (κ1) is 18.1. The van der Waals surface area contributed by atoms with Crippen LogP contribution in [-0.2, 0) is 22.6 Å². The van der Waals surface area contributed by atoms with Gasteiger partial charge in [-0.3, -0.25) is 4.79 Å². The predicted octanol–water partition coefficient (Wildman–Crippen LogP) is 3.77. The van der Waals surface area contributed by atoms with Crippen molar-refractivity contribution >= 4 is 17.5 Å². The van der Waals surface area contributed by atoms with Gasteiger partial charge in [-0.05, 0) is 41.8 Å². The van der Waals surface area contributed by atoms with Gasteiger partial charge in [-0.25, -0.2) is 4.39 Å². The lowest BCUT2D eigenvalue weighted by Gasteiger charge is -2.26. The van der Waals surface area contributed by atoms with Crippen LogP contribution < -0.4 is 9.47 Å². The molecule has 2 heterocycles. The van der Waals surface area contributed by atoms with Gasteiger partial charge in [0.2, 0.25) is 12.7 Å². The minimum absolute atomic E-state index is 0.00515. The molecule has 0 N–H and O–H groups in total. The van der Waals surface area contributed by atoms with Crippen molar-refractivity contribution < 1.29 is 23.4 Å². The van der Waals surface area contributed by atoms with E-state index in [0.717, 1.165) is 5.56 Å². The number of nitrogens with zero attached hydrogens (tertiary/aromatic N) is 1. The van der Waals surface area contributed by atoms with Crippen molar-refractivity contribution in [2.75, 3.05) is 20.0 Å². The van der Waals surface area contributed by atoms with Crippen LogP contribution in [0.5, 0.6) is 11.5 Å². The fourth-order valence-corrected chi connectivity index (χ4v) is 3.54. The molecule has 0 saturated carbocycles. The second-order valence-corrected chi connectivity index (χ2v) is 7.09. The van der Waals surface area contributed by atoms with Crippen molar-refractivity contribution in [3.05, 3.63) is 58.4 Å². The number of carbonyl (C=O) groups excluding carboxylic acids is 1. The fraction of sp³-hybridized carbons (Fsp3) is 0.350. The van der Waals surface area contributed by atoms with Crippen molar-refractivity contribution in [3.63, 3.8) is 0 Å². The second-order valence-electron chi connectivity index (χ2n) is 6.68. The topological polar surface area (TPSA) is 48.0 Å². The average molecular weight is 392 g/mol. The maximum absolute atomic E-state index is 13.4. The zero-order valence-electron chi connectivity index (χ0n) is 14.6. The summed E-state index contributed by atoms with van der Waals surface area (Å²) in [6.45, 7) is 1.90. The molecule has 0 spiro atoms. The van der Waals surface area contributed by atoms with Crippen LogP contribution >= 0.6 is 11.6 Å². The number of benzene rings is 2. The van der Waals surface area contributed by atoms with Gasteiger partial charge < -0.3 is 19.1 Å². The summed E-state index contributed by atoms with van der Waals surface area (Å²) in [5.41, 5.74) is 1.62. The Morgan fingerprint density at radius 3 is 2.78 bits per heavy atom. The Balaban J connectivity index is 1.58. The molecular weight excluding hydrogens is 373 g/mol. The van der Waals surface area contributed by atoms with Crippen LogP contribution in [0.25, 0.3) is 0 Å². The molecule has 4 rings (SSSR count). The van der Waals surface area contributed by atoms with Crippen LogP contribution in [0, 0.1) is 11.7 Å². The Bertz CT molecular complexity index is 854. The summed E-state index contributed by atoms with van der Waals surface area (Å²) in [4.78, 5) is 14.8. The average Bonchev–Trinajstić information content (AvgIpc) is 3.34. The zero-order chi connectivity index (χ0) is 18.8. The van der Waals surface area contributed by atoms with Gasteiger partial charge in [-0.2, -0.15) is 0 Å². The lowest BCUT2D eigenvalue weighted by Crippen LogP contribution is -2.35. The van der Waals surface area contributed by atoms with E-state index in [-0.39, 0.29) is 18.6 Å². The molecule has 27 heavy (non-hydrogen) atoms. The van der Waals surface area contributed by atoms with Crippen LogP contribution in [0.15, 0.2) is 36.4 Å². The van der Waals surface area contributed by atoms with Crippen LogP contribution in [0.4, 0.5) is 4.39 Å². The Kier molecular flexibility index (Phi) is 5.18. The van der Waals surface area contributed by atoms with E-state index in [1.807, 2.05) is 18.2 Å². The number of halogens is 2. The number of amides is 1. The van der Waals surface area contributed by atoms with E-state index in [0.29, 0.717) is 54.8 Å². The Hall–Kier alpha value is -2.31. The number of fused-ring (bicyclic) bond motifs is 1. The molecule has 0 bridgehead atoms. The molecule has 0 aromatic heterocycles. The smallest absolute Gasteiger partial charge is 0.231 e. The summed E-state index contributed by atoms with van der Waals surface area (Å²) in [6.07, 6.45) is 0.702. The molecule has 2 aliphatic heterocycles. The number of hydrogen-bond acceptors (Lipinski definition) is 4. The molecule has 0 unspecified atom stereocenters. The molecular formula is C20H19ClFNO4. The largest absolute Gasteiger partial charge is 0.454 e. The van der Waals surface area contributed by atoms with Gasteiger partial charge in [0.15, 0.2) is 11.5 Å². The van der Waals surface area contributed by atoms with E-state index in [4.69, 9.17) is 25.8 Å². The van der Waals surface area contributed by atoms with E-state index in [1.165, 1.54) is 12.1 Å². The molecule has 1 fully saturated rings. The number of carbonyl (C=O) groups is 1. The van der Waals surface area contributed by atoms with E-state index < -0.39 is 5.82 Å². The Labute approximate surface area is 161 Å². The molecule has 0 aliphatic carbocycles. The number of hydrogen-bond donors (Lipinski definition) is 0. The lowest BCUT2D eigenvalue weighted by molar-refractivity contribution is -0.136. The molecule has 2 aromatic carbocycles. The van der Waals surface area contributed by atoms with Gasteiger partial charge in [0.1, 0.15) is 5.82 Å². The SMILES string of the molecule is O=C([C@@H]1CCOC1)N(Cc1ccc2c(c1)OCO2)Cc1ccc(F)cc1Cl. The highest BCUT2D eigenvalue weighted by atomic mass is 35.5. The highest BCUT2D eigenvalue weighted by Crippen LogP contribution is 2.33. The first-order chi connectivity index (χ1) is 13.1. The number of rotatable bonds is 5. The van der Waals surface area contributed by atoms with Gasteiger partial charge in [-0.1, -0.05) is 23.7 Å². The van der Waals surface area contributed by atoms with E-state index in [2.05, 4.69) is 0 Å². The van der Waals surface area contributed by atoms with Gasteiger partial charge in [0.25, 0.3) is 0 Å². The van der Waals surface area contributed by atoms with Gasteiger partial charge >= 0.3 is 0 Å². The fourth-order valence-electron chi connectivity index (χ4n) is 3.31. The maximum atomic E-state index is 13.4. The molecule has 1 amide bonds. The van der Waals surface area contributed by atoms with Crippen LogP contribution in [-0.4, -0.2) is 30.8 Å². The molecule has 5 nitrogen and oxygen atoms in total. The second kappa shape index (κ2) is 7.74. The third-order valence-electron chi connectivity index (χ3n) is 4.78. The first-order valence-corrected chi connectivity index (χ1v) is 9.17. The van der Waals surface area contributed by atoms with Crippen molar-refractivity contribution in [1.82, 2.24) is 4.90 Å². The quantitative estimate of drug-likeness (QED) is 0.778. The first-order valence-electron chi connectivity index (χ1n) is 8.79. The molecule has 7 heteroatoms. The summed E-state index contributed by atoms with van der Waals surface area (Å²) < 4.78 is 29.5. The summed E-state index contributed by atoms with van der Waals surface area (Å²) in [5.74, 6) is 0.802. The van der Waals surface area contributed by atoms with Crippen molar-refractivity contribution in [3.8, 4) is 11.5 Å². The molecule has 2 aliphatic rings. The Morgan fingerprint density at radius 2 is 2.00 bits per heavy atom. The van der Waals surface area contributed by atoms with Crippen molar-refractivity contribution in [2.45, 2.75) is 19.5 Å². The monoisotopic (exact) mass is 391 g/mol. The summed E-state index contributed by atoms with van der Waals surface area (Å²) in [5, 5.41) is 0.307. The summed E-state index contributed by atoms with van der Waals surface area (Å²) >= 11 is 6.18. The van der Waals surface area contributed by atoms with Crippen LogP contribution in [0.1, 0.15) is 17.5 Å². The van der Waals surface area contributed by atoms with Crippen molar-refractivity contribution in [1.29, 1.82) is 0 Å². The van der Waals surface area contributed by atoms with Gasteiger partial charge in [-0.15, -0.1) is 0 Å². The van der Waals surface area contributed by atoms with Gasteiger partial charge in [0, 0.05) is 24.7 Å². The van der Waals surface area contributed by atoms with E-state index in [1.54, 1.807) is 11.0 Å². The maximum Gasteiger partial charge on any atom is 0.231 e. The highest BCUT2D eigenvalue weighted by molar-refractivity contribution is 6.31. The third kappa shape index (κ3) is 4.01. The highest BCUT2D eigenvalue weighted by Gasteiger charge is 2.29. The zero-order valence-corrected chi connectivity index (χ0v) is 15.4. The minimum Gasteiger partial charge on any atom is -0.454 e. The predicted molar refractivity (Wildman–Crippen MR) is 97.2 cm³/mol. The van der Waals surface area contributed by atoms with Gasteiger partial charge in [0.05, 0.1) is 12.5 Å².